The molecule has 2 aromatic rings. The van der Waals surface area contributed by atoms with E-state index >= 15 is 0 Å². The van der Waals surface area contributed by atoms with Crippen LogP contribution in [-0.2, 0) is 12.2 Å². The van der Waals surface area contributed by atoms with E-state index in [1.165, 1.54) is 5.56 Å². The van der Waals surface area contributed by atoms with Crippen molar-refractivity contribution in [2.45, 2.75) is 24.3 Å². The number of thioether (sulfide) groups is 1. The molecule has 4 nitrogen and oxygen atoms in total. The van der Waals surface area contributed by atoms with Gasteiger partial charge in [0, 0.05) is 17.9 Å². The van der Waals surface area contributed by atoms with Gasteiger partial charge in [-0.1, -0.05) is 36.4 Å². The zero-order valence-electron chi connectivity index (χ0n) is 13.0. The van der Waals surface area contributed by atoms with Crippen molar-refractivity contribution in [1.82, 2.24) is 5.32 Å². The second-order valence-corrected chi connectivity index (χ2v) is 6.54. The SMILES string of the molecule is CSCc1ccc(NC(=O)N[C@H]2c3ccccc3C[C@H]2O)cc1. The molecule has 2 atom stereocenters. The maximum atomic E-state index is 12.2. The Labute approximate surface area is 140 Å². The summed E-state index contributed by atoms with van der Waals surface area (Å²) in [4.78, 5) is 12.2. The molecule has 0 spiro atoms. The molecule has 0 saturated carbocycles. The Bertz CT molecular complexity index is 688. The monoisotopic (exact) mass is 328 g/mol. The number of urea groups is 1. The van der Waals surface area contributed by atoms with Crippen molar-refractivity contribution < 1.29 is 9.90 Å². The van der Waals surface area contributed by atoms with Gasteiger partial charge in [0.05, 0.1) is 12.1 Å². The fraction of sp³-hybridized carbons (Fsp3) is 0.278. The van der Waals surface area contributed by atoms with Gasteiger partial charge in [-0.15, -0.1) is 0 Å². The third-order valence-electron chi connectivity index (χ3n) is 4.01. The van der Waals surface area contributed by atoms with E-state index in [0.29, 0.717) is 6.42 Å². The topological polar surface area (TPSA) is 61.4 Å². The Balaban J connectivity index is 1.63. The first-order chi connectivity index (χ1) is 11.2. The Hall–Kier alpha value is -1.98. The summed E-state index contributed by atoms with van der Waals surface area (Å²) in [5.74, 6) is 0.956. The van der Waals surface area contributed by atoms with E-state index in [1.54, 1.807) is 11.8 Å². The summed E-state index contributed by atoms with van der Waals surface area (Å²) in [5, 5.41) is 15.9. The Morgan fingerprint density at radius 1 is 1.22 bits per heavy atom. The molecular formula is C18H20N2O2S. The summed E-state index contributed by atoms with van der Waals surface area (Å²) < 4.78 is 0. The first-order valence-corrected chi connectivity index (χ1v) is 8.98. The van der Waals surface area contributed by atoms with Gasteiger partial charge >= 0.3 is 6.03 Å². The predicted octanol–water partition coefficient (Wildman–Crippen LogP) is 3.33. The van der Waals surface area contributed by atoms with Crippen LogP contribution in [0.2, 0.25) is 0 Å². The number of hydrogen-bond acceptors (Lipinski definition) is 3. The quantitative estimate of drug-likeness (QED) is 0.807. The molecule has 1 aliphatic rings. The van der Waals surface area contributed by atoms with Crippen LogP contribution in [0.5, 0.6) is 0 Å². The number of amides is 2. The molecule has 0 heterocycles. The molecule has 0 saturated heterocycles. The van der Waals surface area contributed by atoms with Gasteiger partial charge < -0.3 is 15.7 Å². The molecule has 2 amide bonds. The second-order valence-electron chi connectivity index (χ2n) is 5.68. The van der Waals surface area contributed by atoms with Crippen molar-refractivity contribution in [2.24, 2.45) is 0 Å². The number of hydrogen-bond donors (Lipinski definition) is 3. The molecule has 3 N–H and O–H groups in total. The molecule has 0 aromatic heterocycles. The minimum absolute atomic E-state index is 0.302. The summed E-state index contributed by atoms with van der Waals surface area (Å²) in [7, 11) is 0. The minimum atomic E-state index is -0.581. The first kappa shape index (κ1) is 15.9. The van der Waals surface area contributed by atoms with Gasteiger partial charge in [0.15, 0.2) is 0 Å². The van der Waals surface area contributed by atoms with Gasteiger partial charge in [-0.05, 0) is 35.1 Å². The van der Waals surface area contributed by atoms with Crippen molar-refractivity contribution in [3.05, 3.63) is 65.2 Å². The van der Waals surface area contributed by atoms with Gasteiger partial charge in [-0.2, -0.15) is 11.8 Å². The van der Waals surface area contributed by atoms with Gasteiger partial charge in [0.1, 0.15) is 0 Å². The van der Waals surface area contributed by atoms with E-state index in [9.17, 15) is 9.90 Å². The Kier molecular flexibility index (Phi) is 4.88. The van der Waals surface area contributed by atoms with Gasteiger partial charge in [0.2, 0.25) is 0 Å². The van der Waals surface area contributed by atoms with Crippen molar-refractivity contribution in [2.75, 3.05) is 11.6 Å². The lowest BCUT2D eigenvalue weighted by Crippen LogP contribution is -2.36. The van der Waals surface area contributed by atoms with E-state index in [1.807, 2.05) is 48.5 Å². The molecule has 0 fully saturated rings. The van der Waals surface area contributed by atoms with E-state index in [-0.39, 0.29) is 12.1 Å². The summed E-state index contributed by atoms with van der Waals surface area (Å²) in [6.07, 6.45) is 2.05. The lowest BCUT2D eigenvalue weighted by atomic mass is 10.1. The molecule has 2 aromatic carbocycles. The van der Waals surface area contributed by atoms with Gasteiger partial charge in [-0.25, -0.2) is 4.79 Å². The number of fused-ring (bicyclic) bond motifs is 1. The molecule has 0 bridgehead atoms. The molecule has 5 heteroatoms. The molecular weight excluding hydrogens is 308 g/mol. The number of rotatable bonds is 4. The number of benzene rings is 2. The van der Waals surface area contributed by atoms with Gasteiger partial charge in [-0.3, -0.25) is 0 Å². The molecule has 0 aliphatic heterocycles. The molecule has 0 unspecified atom stereocenters. The second kappa shape index (κ2) is 7.06. The molecule has 3 rings (SSSR count). The molecule has 1 aliphatic carbocycles. The number of nitrogens with one attached hydrogen (secondary N) is 2. The van der Waals surface area contributed by atoms with Crippen molar-refractivity contribution in [3.63, 3.8) is 0 Å². The summed E-state index contributed by atoms with van der Waals surface area (Å²) in [6, 6.07) is 14.9. The highest BCUT2D eigenvalue weighted by Crippen LogP contribution is 2.31. The predicted molar refractivity (Wildman–Crippen MR) is 94.7 cm³/mol. The maximum Gasteiger partial charge on any atom is 0.319 e. The van der Waals surface area contributed by atoms with Crippen LogP contribution in [0.25, 0.3) is 0 Å². The van der Waals surface area contributed by atoms with E-state index < -0.39 is 6.10 Å². The highest BCUT2D eigenvalue weighted by atomic mass is 32.2. The van der Waals surface area contributed by atoms with E-state index in [2.05, 4.69) is 16.9 Å². The summed E-state index contributed by atoms with van der Waals surface area (Å²) in [6.45, 7) is 0. The number of aliphatic hydroxyl groups excluding tert-OH is 1. The largest absolute Gasteiger partial charge is 0.390 e. The standard InChI is InChI=1S/C18H20N2O2S/c1-23-11-12-6-8-14(9-7-12)19-18(22)20-17-15-5-3-2-4-13(15)10-16(17)21/h2-9,16-17,21H,10-11H2,1H3,(H2,19,20,22)/t16-,17+/m1/s1. The first-order valence-electron chi connectivity index (χ1n) is 7.58. The average molecular weight is 328 g/mol. The third-order valence-corrected chi connectivity index (χ3v) is 4.64. The minimum Gasteiger partial charge on any atom is -0.390 e. The lowest BCUT2D eigenvalue weighted by Gasteiger charge is -2.18. The number of aliphatic hydroxyl groups is 1. The van der Waals surface area contributed by atoms with Crippen LogP contribution >= 0.6 is 11.8 Å². The van der Waals surface area contributed by atoms with Crippen LogP contribution in [0.15, 0.2) is 48.5 Å². The van der Waals surface area contributed by atoms with Crippen LogP contribution in [0.4, 0.5) is 10.5 Å². The third kappa shape index (κ3) is 3.68. The van der Waals surface area contributed by atoms with Crippen LogP contribution in [0.1, 0.15) is 22.7 Å². The molecule has 120 valence electrons. The van der Waals surface area contributed by atoms with Crippen molar-refractivity contribution in [3.8, 4) is 0 Å². The lowest BCUT2D eigenvalue weighted by molar-refractivity contribution is 0.144. The van der Waals surface area contributed by atoms with Crippen LogP contribution in [0, 0.1) is 0 Å². The average Bonchev–Trinajstić information content (AvgIpc) is 2.85. The van der Waals surface area contributed by atoms with Gasteiger partial charge in [0.25, 0.3) is 0 Å². The zero-order valence-corrected chi connectivity index (χ0v) is 13.8. The fourth-order valence-electron chi connectivity index (χ4n) is 2.91. The highest BCUT2D eigenvalue weighted by molar-refractivity contribution is 7.97. The molecule has 23 heavy (non-hydrogen) atoms. The van der Waals surface area contributed by atoms with Crippen LogP contribution in [0.3, 0.4) is 0 Å². The van der Waals surface area contributed by atoms with Crippen molar-refractivity contribution in [1.29, 1.82) is 0 Å². The summed E-state index contributed by atoms with van der Waals surface area (Å²) in [5.41, 5.74) is 4.05. The van der Waals surface area contributed by atoms with E-state index in [0.717, 1.165) is 22.6 Å². The summed E-state index contributed by atoms with van der Waals surface area (Å²) >= 11 is 1.76. The normalized spacial score (nSPS) is 19.2. The molecule has 0 radical (unpaired) electrons. The van der Waals surface area contributed by atoms with Crippen LogP contribution < -0.4 is 10.6 Å². The Morgan fingerprint density at radius 3 is 2.70 bits per heavy atom. The smallest absolute Gasteiger partial charge is 0.319 e. The number of anilines is 1. The fourth-order valence-corrected chi connectivity index (χ4v) is 3.43. The number of carbonyl (C=O) groups is 1. The Morgan fingerprint density at radius 2 is 1.96 bits per heavy atom. The number of carbonyl (C=O) groups excluding carboxylic acids is 1. The highest BCUT2D eigenvalue weighted by Gasteiger charge is 2.31. The van der Waals surface area contributed by atoms with Crippen molar-refractivity contribution >= 4 is 23.5 Å². The maximum absolute atomic E-state index is 12.2. The zero-order chi connectivity index (χ0) is 16.2. The van der Waals surface area contributed by atoms with Crippen LogP contribution in [-0.4, -0.2) is 23.5 Å². The van der Waals surface area contributed by atoms with E-state index in [4.69, 9.17) is 0 Å².